The van der Waals surface area contributed by atoms with E-state index in [0.717, 1.165) is 0 Å². The summed E-state index contributed by atoms with van der Waals surface area (Å²) in [7, 11) is 0. The van der Waals surface area contributed by atoms with Gasteiger partial charge in [0.25, 0.3) is 5.69 Å². The normalized spacial score (nSPS) is 38.2. The van der Waals surface area contributed by atoms with Crippen LogP contribution in [-0.4, -0.2) is 104 Å². The van der Waals surface area contributed by atoms with Crippen LogP contribution in [0.4, 0.5) is 5.69 Å². The number of carbonyl (C=O) groups is 1. The lowest BCUT2D eigenvalue weighted by atomic mass is 9.95. The van der Waals surface area contributed by atoms with E-state index >= 15 is 0 Å². The van der Waals surface area contributed by atoms with E-state index in [0.29, 0.717) is 0 Å². The summed E-state index contributed by atoms with van der Waals surface area (Å²) < 4.78 is 22.4. The van der Waals surface area contributed by atoms with Crippen LogP contribution in [0.5, 0.6) is 5.75 Å². The number of rotatable bonds is 7. The van der Waals surface area contributed by atoms with Crippen molar-refractivity contribution in [3.63, 3.8) is 0 Å². The third-order valence-electron chi connectivity index (χ3n) is 5.62. The summed E-state index contributed by atoms with van der Waals surface area (Å²) in [5.41, 5.74) is -0.176. The minimum atomic E-state index is -1.67. The molecular weight excluding hydrogens is 460 g/mol. The van der Waals surface area contributed by atoms with Crippen LogP contribution in [-0.2, 0) is 19.0 Å². The van der Waals surface area contributed by atoms with Crippen molar-refractivity contribution >= 4 is 11.6 Å². The minimum Gasteiger partial charge on any atom is -0.463 e. The zero-order chi connectivity index (χ0) is 25.2. The lowest BCUT2D eigenvalue weighted by molar-refractivity contribution is -0.384. The molecule has 1 aromatic carbocycles. The number of carbonyl (C=O) groups excluding carboxylic acids is 1. The Balaban J connectivity index is 1.80. The number of non-ortho nitro benzene ring substituents is 1. The van der Waals surface area contributed by atoms with E-state index in [2.05, 4.69) is 5.32 Å². The minimum absolute atomic E-state index is 0.131. The maximum atomic E-state index is 11.8. The molecule has 14 nitrogen and oxygen atoms in total. The van der Waals surface area contributed by atoms with E-state index < -0.39 is 78.8 Å². The first-order valence-electron chi connectivity index (χ1n) is 10.5. The topological polar surface area (TPSA) is 210 Å². The Kier molecular flexibility index (Phi) is 8.38. The Bertz CT molecular complexity index is 854. The predicted molar refractivity (Wildman–Crippen MR) is 110 cm³/mol. The number of aliphatic hydroxyl groups excluding tert-OH is 5. The molecule has 4 unspecified atom stereocenters. The number of benzene rings is 1. The molecular formula is C20H28N2O12. The van der Waals surface area contributed by atoms with Gasteiger partial charge in [0.05, 0.1) is 17.6 Å². The molecule has 2 aliphatic rings. The number of nitro benzene ring substituents is 1. The SMILES string of the molecule is CC(=O)N[C@H]1C(O)[C@@H](OC2O[C@@H](C)C(O)[C@H](O)[C@H]2O)C(CO)O[C@H]1Oc1ccc([N+](=O)[O-])cc1. The lowest BCUT2D eigenvalue weighted by Crippen LogP contribution is -2.67. The number of aliphatic hydroxyl groups is 5. The van der Waals surface area contributed by atoms with E-state index in [4.69, 9.17) is 18.9 Å². The van der Waals surface area contributed by atoms with Crippen molar-refractivity contribution in [2.24, 2.45) is 0 Å². The van der Waals surface area contributed by atoms with Crippen molar-refractivity contribution in [1.82, 2.24) is 5.32 Å². The molecule has 0 aromatic heterocycles. The maximum Gasteiger partial charge on any atom is 0.269 e. The number of amides is 1. The van der Waals surface area contributed by atoms with Crippen LogP contribution in [0.25, 0.3) is 0 Å². The molecule has 0 aliphatic carbocycles. The summed E-state index contributed by atoms with van der Waals surface area (Å²) in [5.74, 6) is -0.418. The molecule has 2 aliphatic heterocycles. The van der Waals surface area contributed by atoms with Crippen LogP contribution in [0.15, 0.2) is 24.3 Å². The monoisotopic (exact) mass is 488 g/mol. The second-order valence-corrected chi connectivity index (χ2v) is 8.09. The molecule has 0 spiro atoms. The first-order chi connectivity index (χ1) is 16.0. The Hall–Kier alpha value is -2.43. The Morgan fingerprint density at radius 2 is 1.71 bits per heavy atom. The van der Waals surface area contributed by atoms with Crippen LogP contribution in [0.1, 0.15) is 13.8 Å². The van der Waals surface area contributed by atoms with E-state index in [-0.39, 0.29) is 11.4 Å². The molecule has 10 atom stereocenters. The number of nitro groups is 1. The van der Waals surface area contributed by atoms with Gasteiger partial charge in [-0.1, -0.05) is 0 Å². The average molecular weight is 488 g/mol. The van der Waals surface area contributed by atoms with Gasteiger partial charge >= 0.3 is 0 Å². The zero-order valence-corrected chi connectivity index (χ0v) is 18.3. The fourth-order valence-electron chi connectivity index (χ4n) is 3.79. The van der Waals surface area contributed by atoms with Crippen molar-refractivity contribution in [2.75, 3.05) is 6.61 Å². The number of hydrogen-bond acceptors (Lipinski definition) is 12. The quantitative estimate of drug-likeness (QED) is 0.178. The van der Waals surface area contributed by atoms with Gasteiger partial charge in [0.15, 0.2) is 6.29 Å². The number of nitrogens with one attached hydrogen (secondary N) is 1. The molecule has 1 aromatic rings. The van der Waals surface area contributed by atoms with Gasteiger partial charge < -0.3 is 49.8 Å². The maximum absolute atomic E-state index is 11.8. The molecule has 2 fully saturated rings. The van der Waals surface area contributed by atoms with Crippen molar-refractivity contribution in [2.45, 2.75) is 75.2 Å². The summed E-state index contributed by atoms with van der Waals surface area (Å²) in [6.45, 7) is 1.97. The van der Waals surface area contributed by atoms with Gasteiger partial charge in [-0.05, 0) is 19.1 Å². The average Bonchev–Trinajstić information content (AvgIpc) is 2.79. The second kappa shape index (κ2) is 10.9. The van der Waals surface area contributed by atoms with Gasteiger partial charge in [-0.2, -0.15) is 0 Å². The van der Waals surface area contributed by atoms with E-state index in [9.17, 15) is 40.4 Å². The largest absolute Gasteiger partial charge is 0.463 e. The van der Waals surface area contributed by atoms with Crippen LogP contribution in [0.3, 0.4) is 0 Å². The summed E-state index contributed by atoms with van der Waals surface area (Å²) in [6.07, 6.45) is -12.5. The van der Waals surface area contributed by atoms with Crippen molar-refractivity contribution in [1.29, 1.82) is 0 Å². The highest BCUT2D eigenvalue weighted by molar-refractivity contribution is 5.73. The number of nitrogens with zero attached hydrogens (tertiary/aromatic N) is 1. The highest BCUT2D eigenvalue weighted by atomic mass is 16.7. The lowest BCUT2D eigenvalue weighted by Gasteiger charge is -2.46. The van der Waals surface area contributed by atoms with Gasteiger partial charge in [-0.15, -0.1) is 0 Å². The summed E-state index contributed by atoms with van der Waals surface area (Å²) in [5, 5.41) is 64.3. The molecule has 3 rings (SSSR count). The van der Waals surface area contributed by atoms with Crippen LogP contribution >= 0.6 is 0 Å². The molecule has 190 valence electrons. The molecule has 0 radical (unpaired) electrons. The standard InChI is InChI=1S/C20H28N2O12/c1-8-14(25)16(27)17(28)20(31-8)34-18-12(7-23)33-19(13(15(18)26)21-9(2)24)32-11-5-3-10(4-6-11)22(29)30/h3-6,8,12-20,23,25-28H,7H2,1-2H3,(H,21,24)/t8-,12?,13-,14?,15?,16-,17+,18-,19+,20?/m0/s1. The third-order valence-corrected chi connectivity index (χ3v) is 5.62. The van der Waals surface area contributed by atoms with Gasteiger partial charge in [-0.3, -0.25) is 14.9 Å². The van der Waals surface area contributed by atoms with E-state index in [1.807, 2.05) is 0 Å². The fraction of sp³-hybridized carbons (Fsp3) is 0.650. The molecule has 34 heavy (non-hydrogen) atoms. The Morgan fingerprint density at radius 3 is 2.26 bits per heavy atom. The Morgan fingerprint density at radius 1 is 1.06 bits per heavy atom. The molecule has 0 bridgehead atoms. The number of ether oxygens (including phenoxy) is 4. The Labute approximate surface area is 193 Å². The highest BCUT2D eigenvalue weighted by Crippen LogP contribution is 2.30. The first-order valence-corrected chi connectivity index (χ1v) is 10.5. The summed E-state index contributed by atoms with van der Waals surface area (Å²) in [4.78, 5) is 22.0. The van der Waals surface area contributed by atoms with Gasteiger partial charge in [0.1, 0.15) is 48.4 Å². The molecule has 2 saturated heterocycles. The van der Waals surface area contributed by atoms with Crippen LogP contribution < -0.4 is 10.1 Å². The molecule has 2 heterocycles. The summed E-state index contributed by atoms with van der Waals surface area (Å²) >= 11 is 0. The van der Waals surface area contributed by atoms with Crippen molar-refractivity contribution < 1.29 is 54.2 Å². The third kappa shape index (κ3) is 5.61. The zero-order valence-electron chi connectivity index (χ0n) is 18.3. The first kappa shape index (κ1) is 26.2. The van der Waals surface area contributed by atoms with Gasteiger partial charge in [-0.25, -0.2) is 0 Å². The highest BCUT2D eigenvalue weighted by Gasteiger charge is 2.51. The van der Waals surface area contributed by atoms with Gasteiger partial charge in [0.2, 0.25) is 12.2 Å². The number of hydrogen-bond donors (Lipinski definition) is 6. The van der Waals surface area contributed by atoms with Gasteiger partial charge in [0, 0.05) is 19.1 Å². The summed E-state index contributed by atoms with van der Waals surface area (Å²) in [6, 6.07) is 3.76. The molecule has 6 N–H and O–H groups in total. The van der Waals surface area contributed by atoms with E-state index in [1.165, 1.54) is 38.1 Å². The molecule has 0 saturated carbocycles. The van der Waals surface area contributed by atoms with Crippen LogP contribution in [0.2, 0.25) is 0 Å². The van der Waals surface area contributed by atoms with Crippen LogP contribution in [0, 0.1) is 10.1 Å². The van der Waals surface area contributed by atoms with E-state index in [1.54, 1.807) is 0 Å². The molecule has 1 amide bonds. The second-order valence-electron chi connectivity index (χ2n) is 8.09. The smallest absolute Gasteiger partial charge is 0.269 e. The van der Waals surface area contributed by atoms with Crippen molar-refractivity contribution in [3.8, 4) is 5.75 Å². The fourth-order valence-corrected chi connectivity index (χ4v) is 3.79. The predicted octanol–water partition coefficient (Wildman–Crippen LogP) is -2.23. The van der Waals surface area contributed by atoms with Crippen molar-refractivity contribution in [3.05, 3.63) is 34.4 Å². The molecule has 14 heteroatoms.